The molecule has 0 atom stereocenters. The van der Waals surface area contributed by atoms with Crippen molar-refractivity contribution in [2.24, 2.45) is 5.41 Å². The Hall–Kier alpha value is -2.12. The zero-order valence-corrected chi connectivity index (χ0v) is 18.9. The summed E-state index contributed by atoms with van der Waals surface area (Å²) in [7, 11) is 1.68. The number of rotatable bonds is 5. The highest BCUT2D eigenvalue weighted by Gasteiger charge is 2.36. The molecule has 0 aliphatic carbocycles. The monoisotopic (exact) mass is 433 g/mol. The lowest BCUT2D eigenvalue weighted by molar-refractivity contribution is -0.141. The number of amides is 1. The van der Waals surface area contributed by atoms with Gasteiger partial charge in [0.1, 0.15) is 17.4 Å². The zero-order chi connectivity index (χ0) is 20.4. The molecule has 4 rings (SSSR count). The van der Waals surface area contributed by atoms with Gasteiger partial charge in [0.15, 0.2) is 0 Å². The van der Waals surface area contributed by atoms with Gasteiger partial charge in [-0.2, -0.15) is 0 Å². The highest BCUT2D eigenvalue weighted by Crippen LogP contribution is 2.33. The molecular weight excluding hydrogens is 402 g/mol. The van der Waals surface area contributed by atoms with Crippen LogP contribution in [0, 0.1) is 5.41 Å². The smallest absolute Gasteiger partial charge is 0.228 e. The SMILES string of the molecule is COc1ccccc1CC(C)(C)C(=O)N1CCC(c2nnc3n2CCNC3)CC1.Cl. The number of piperidine rings is 1. The zero-order valence-electron chi connectivity index (χ0n) is 18.1. The molecule has 3 heterocycles. The number of carbonyl (C=O) groups is 1. The third-order valence-corrected chi connectivity index (χ3v) is 6.20. The first-order valence-corrected chi connectivity index (χ1v) is 10.5. The number of ether oxygens (including phenoxy) is 1. The number of hydrogen-bond donors (Lipinski definition) is 1. The average molecular weight is 434 g/mol. The molecule has 0 unspecified atom stereocenters. The van der Waals surface area contributed by atoms with Crippen LogP contribution in [0.1, 0.15) is 49.8 Å². The van der Waals surface area contributed by atoms with Gasteiger partial charge in [-0.3, -0.25) is 4.79 Å². The van der Waals surface area contributed by atoms with E-state index in [1.165, 1.54) is 0 Å². The number of nitrogens with one attached hydrogen (secondary N) is 1. The van der Waals surface area contributed by atoms with E-state index in [-0.39, 0.29) is 18.3 Å². The van der Waals surface area contributed by atoms with Gasteiger partial charge in [-0.15, -0.1) is 22.6 Å². The van der Waals surface area contributed by atoms with Crippen molar-refractivity contribution in [2.75, 3.05) is 26.7 Å². The van der Waals surface area contributed by atoms with Crippen molar-refractivity contribution in [1.29, 1.82) is 0 Å². The van der Waals surface area contributed by atoms with Crippen LogP contribution in [0.3, 0.4) is 0 Å². The minimum absolute atomic E-state index is 0. The van der Waals surface area contributed by atoms with Crippen LogP contribution >= 0.6 is 12.4 Å². The minimum atomic E-state index is -0.471. The molecule has 0 bridgehead atoms. The number of benzene rings is 1. The molecular formula is C22H32ClN5O2. The summed E-state index contributed by atoms with van der Waals surface area (Å²) in [5, 5.41) is 12.2. The van der Waals surface area contributed by atoms with Crippen LogP contribution in [0.15, 0.2) is 24.3 Å². The molecule has 30 heavy (non-hydrogen) atoms. The lowest BCUT2D eigenvalue weighted by Gasteiger charge is -2.37. The standard InChI is InChI=1S/C22H31N5O2.ClH/c1-22(2,14-17-6-4-5-7-18(17)29-3)21(28)26-11-8-16(9-12-26)20-25-24-19-15-23-10-13-27(19)20;/h4-7,16,23H,8-15H2,1-3H3;1H. The Morgan fingerprint density at radius 3 is 2.67 bits per heavy atom. The first-order valence-electron chi connectivity index (χ1n) is 10.5. The van der Waals surface area contributed by atoms with E-state index in [0.29, 0.717) is 12.3 Å². The van der Waals surface area contributed by atoms with E-state index >= 15 is 0 Å². The number of hydrogen-bond acceptors (Lipinski definition) is 5. The van der Waals surface area contributed by atoms with E-state index in [1.807, 2.05) is 43.0 Å². The summed E-state index contributed by atoms with van der Waals surface area (Å²) in [5.74, 6) is 3.58. The van der Waals surface area contributed by atoms with E-state index in [9.17, 15) is 4.79 Å². The molecule has 0 saturated carbocycles. The number of methoxy groups -OCH3 is 1. The lowest BCUT2D eigenvalue weighted by atomic mass is 9.83. The van der Waals surface area contributed by atoms with E-state index in [1.54, 1.807) is 7.11 Å². The van der Waals surface area contributed by atoms with Gasteiger partial charge in [-0.05, 0) is 30.9 Å². The van der Waals surface area contributed by atoms with Gasteiger partial charge in [-0.1, -0.05) is 32.0 Å². The Morgan fingerprint density at radius 1 is 1.20 bits per heavy atom. The fourth-order valence-corrected chi connectivity index (χ4v) is 4.59. The van der Waals surface area contributed by atoms with Crippen molar-refractivity contribution < 1.29 is 9.53 Å². The molecule has 0 spiro atoms. The van der Waals surface area contributed by atoms with Crippen LogP contribution in [-0.2, 0) is 24.3 Å². The molecule has 0 radical (unpaired) electrons. The highest BCUT2D eigenvalue weighted by molar-refractivity contribution is 5.85. The van der Waals surface area contributed by atoms with E-state index < -0.39 is 5.41 Å². The average Bonchev–Trinajstić information content (AvgIpc) is 3.17. The number of likely N-dealkylation sites (tertiary alicyclic amines) is 1. The first-order chi connectivity index (χ1) is 14.0. The van der Waals surface area contributed by atoms with Crippen molar-refractivity contribution in [3.63, 3.8) is 0 Å². The van der Waals surface area contributed by atoms with Crippen molar-refractivity contribution in [2.45, 2.75) is 52.1 Å². The van der Waals surface area contributed by atoms with Crippen LogP contribution < -0.4 is 10.1 Å². The van der Waals surface area contributed by atoms with Crippen molar-refractivity contribution in [3.05, 3.63) is 41.5 Å². The van der Waals surface area contributed by atoms with Crippen LogP contribution in [-0.4, -0.2) is 52.3 Å². The van der Waals surface area contributed by atoms with E-state index in [4.69, 9.17) is 4.74 Å². The van der Waals surface area contributed by atoms with Gasteiger partial charge < -0.3 is 19.5 Å². The topological polar surface area (TPSA) is 72.3 Å². The van der Waals surface area contributed by atoms with Gasteiger partial charge in [0.05, 0.1) is 13.7 Å². The maximum atomic E-state index is 13.3. The fourth-order valence-electron chi connectivity index (χ4n) is 4.59. The number of aromatic nitrogens is 3. The van der Waals surface area contributed by atoms with Gasteiger partial charge in [0.2, 0.25) is 5.91 Å². The number of halogens is 1. The second-order valence-corrected chi connectivity index (χ2v) is 8.74. The quantitative estimate of drug-likeness (QED) is 0.784. The van der Waals surface area contributed by atoms with Crippen LogP contribution in [0.2, 0.25) is 0 Å². The summed E-state index contributed by atoms with van der Waals surface area (Å²) in [6.45, 7) is 8.32. The van der Waals surface area contributed by atoms with Crippen LogP contribution in [0.25, 0.3) is 0 Å². The molecule has 2 aliphatic rings. The number of carbonyl (C=O) groups excluding carboxylic acids is 1. The summed E-state index contributed by atoms with van der Waals surface area (Å²) in [5.41, 5.74) is 0.605. The Kier molecular flexibility index (Phi) is 7.03. The van der Waals surface area contributed by atoms with Gasteiger partial charge in [0.25, 0.3) is 0 Å². The molecule has 1 fully saturated rings. The molecule has 8 heteroatoms. The van der Waals surface area contributed by atoms with Crippen molar-refractivity contribution >= 4 is 18.3 Å². The molecule has 2 aliphatic heterocycles. The van der Waals surface area contributed by atoms with Gasteiger partial charge >= 0.3 is 0 Å². The molecule has 164 valence electrons. The summed E-state index contributed by atoms with van der Waals surface area (Å²) in [4.78, 5) is 15.3. The van der Waals surface area contributed by atoms with Gasteiger partial charge in [0, 0.05) is 37.5 Å². The molecule has 1 aromatic heterocycles. The van der Waals surface area contributed by atoms with Gasteiger partial charge in [-0.25, -0.2) is 0 Å². The Labute approximate surface area is 184 Å². The minimum Gasteiger partial charge on any atom is -0.496 e. The molecule has 2 aromatic rings. The number of fused-ring (bicyclic) bond motifs is 1. The fraction of sp³-hybridized carbons (Fsp3) is 0.591. The number of nitrogens with zero attached hydrogens (tertiary/aromatic N) is 4. The summed E-state index contributed by atoms with van der Waals surface area (Å²) < 4.78 is 7.74. The molecule has 1 aromatic carbocycles. The largest absolute Gasteiger partial charge is 0.496 e. The second kappa shape index (κ2) is 9.35. The Bertz CT molecular complexity index is 874. The maximum absolute atomic E-state index is 13.3. The predicted octanol–water partition coefficient (Wildman–Crippen LogP) is 2.79. The van der Waals surface area contributed by atoms with E-state index in [0.717, 1.165) is 68.5 Å². The van der Waals surface area contributed by atoms with E-state index in [2.05, 4.69) is 20.1 Å². The number of para-hydroxylation sites is 1. The van der Waals surface area contributed by atoms with Crippen LogP contribution in [0.5, 0.6) is 5.75 Å². The third-order valence-electron chi connectivity index (χ3n) is 6.20. The molecule has 1 saturated heterocycles. The lowest BCUT2D eigenvalue weighted by Crippen LogP contribution is -2.46. The normalized spacial score (nSPS) is 17.2. The molecule has 1 N–H and O–H groups in total. The summed E-state index contributed by atoms with van der Waals surface area (Å²) in [6.07, 6.45) is 2.56. The molecule has 7 nitrogen and oxygen atoms in total. The third kappa shape index (κ3) is 4.47. The van der Waals surface area contributed by atoms with Crippen molar-refractivity contribution in [3.8, 4) is 5.75 Å². The second-order valence-electron chi connectivity index (χ2n) is 8.74. The van der Waals surface area contributed by atoms with Crippen LogP contribution in [0.4, 0.5) is 0 Å². The molecule has 1 amide bonds. The Morgan fingerprint density at radius 2 is 1.93 bits per heavy atom. The predicted molar refractivity (Wildman–Crippen MR) is 118 cm³/mol. The summed E-state index contributed by atoms with van der Waals surface area (Å²) in [6, 6.07) is 7.96. The van der Waals surface area contributed by atoms with Crippen molar-refractivity contribution in [1.82, 2.24) is 25.0 Å². The Balaban J connectivity index is 0.00000256. The first kappa shape index (κ1) is 22.6. The highest BCUT2D eigenvalue weighted by atomic mass is 35.5. The summed E-state index contributed by atoms with van der Waals surface area (Å²) >= 11 is 0. The maximum Gasteiger partial charge on any atom is 0.228 e.